The number of hydrogen-bond donors (Lipinski definition) is 3. The van der Waals surface area contributed by atoms with Crippen LogP contribution in [0.25, 0.3) is 10.8 Å². The van der Waals surface area contributed by atoms with Crippen molar-refractivity contribution in [1.82, 2.24) is 5.32 Å². The third-order valence-corrected chi connectivity index (χ3v) is 7.42. The van der Waals surface area contributed by atoms with Crippen LogP contribution in [-0.4, -0.2) is 34.0 Å². The number of benzene rings is 3. The van der Waals surface area contributed by atoms with Gasteiger partial charge in [-0.25, -0.2) is 4.79 Å². The lowest BCUT2D eigenvalue weighted by Gasteiger charge is -2.24. The molecule has 0 fully saturated rings. The molecule has 0 aliphatic carbocycles. The van der Waals surface area contributed by atoms with Gasteiger partial charge in [0.2, 0.25) is 7.37 Å². The highest BCUT2D eigenvalue weighted by molar-refractivity contribution is 7.58. The Morgan fingerprint density at radius 1 is 0.969 bits per heavy atom. The van der Waals surface area contributed by atoms with Crippen molar-refractivity contribution in [1.29, 1.82) is 0 Å². The van der Waals surface area contributed by atoms with E-state index in [-0.39, 0.29) is 25.6 Å². The topological polar surface area (TPSA) is 113 Å². The number of carboxylic acids is 1. The zero-order chi connectivity index (χ0) is 23.0. The monoisotopic (exact) mass is 455 g/mol. The van der Waals surface area contributed by atoms with Crippen LogP contribution in [0.3, 0.4) is 0 Å². The number of nitrogens with one attached hydrogen (secondary N) is 1. The largest absolute Gasteiger partial charge is 0.481 e. The zero-order valence-corrected chi connectivity index (χ0v) is 18.4. The van der Waals surface area contributed by atoms with Crippen molar-refractivity contribution in [2.75, 3.05) is 6.16 Å². The van der Waals surface area contributed by atoms with Crippen LogP contribution in [0.2, 0.25) is 0 Å². The number of carbonyl (C=O) groups is 2. The predicted molar refractivity (Wildman–Crippen MR) is 123 cm³/mol. The Morgan fingerprint density at radius 2 is 1.66 bits per heavy atom. The fourth-order valence-electron chi connectivity index (χ4n) is 3.48. The predicted octanol–water partition coefficient (Wildman–Crippen LogP) is 4.77. The number of aliphatic carboxylic acids is 1. The third-order valence-electron chi connectivity index (χ3n) is 5.20. The first kappa shape index (κ1) is 23.5. The van der Waals surface area contributed by atoms with Gasteiger partial charge in [-0.2, -0.15) is 0 Å². The Kier molecular flexibility index (Phi) is 8.03. The Hall–Kier alpha value is -3.15. The van der Waals surface area contributed by atoms with Crippen molar-refractivity contribution >= 4 is 30.2 Å². The molecule has 3 N–H and O–H groups in total. The molecule has 2 unspecified atom stereocenters. The maximum Gasteiger partial charge on any atom is 0.408 e. The van der Waals surface area contributed by atoms with Crippen LogP contribution < -0.4 is 5.32 Å². The second-order valence-corrected chi connectivity index (χ2v) is 10.1. The van der Waals surface area contributed by atoms with E-state index in [0.29, 0.717) is 6.42 Å². The highest BCUT2D eigenvalue weighted by Crippen LogP contribution is 2.47. The number of alkyl carbamates (subject to hydrolysis) is 1. The molecule has 0 aromatic heterocycles. The summed E-state index contributed by atoms with van der Waals surface area (Å²) in [5.74, 6) is -2.32. The molecule has 0 heterocycles. The molecule has 1 amide bonds. The molecule has 8 heteroatoms. The van der Waals surface area contributed by atoms with Gasteiger partial charge in [-0.15, -0.1) is 0 Å². The Bertz CT molecular complexity index is 1110. The fraction of sp³-hybridized carbons (Fsp3) is 0.250. The summed E-state index contributed by atoms with van der Waals surface area (Å²) in [6.45, 7) is 0.00403. The SMILES string of the molecule is O=C(O)CCC(NC(=O)OCc1ccccc1)P(=O)(O)CCc1cccc2ccccc12. The summed E-state index contributed by atoms with van der Waals surface area (Å²) < 4.78 is 18.3. The molecule has 0 saturated heterocycles. The lowest BCUT2D eigenvalue weighted by atomic mass is 10.0. The van der Waals surface area contributed by atoms with Gasteiger partial charge in [0.25, 0.3) is 0 Å². The summed E-state index contributed by atoms with van der Waals surface area (Å²) in [7, 11) is -3.93. The molecular formula is C24H26NO6P. The van der Waals surface area contributed by atoms with Crippen LogP contribution in [0.1, 0.15) is 24.0 Å². The quantitative estimate of drug-likeness (QED) is 0.380. The molecule has 0 bridgehead atoms. The second-order valence-electron chi connectivity index (χ2n) is 7.52. The van der Waals surface area contributed by atoms with Gasteiger partial charge in [-0.05, 0) is 34.7 Å². The maximum absolute atomic E-state index is 13.1. The van der Waals surface area contributed by atoms with Gasteiger partial charge in [0.15, 0.2) is 0 Å². The van der Waals surface area contributed by atoms with Gasteiger partial charge in [0, 0.05) is 12.6 Å². The molecule has 3 rings (SSSR count). The van der Waals surface area contributed by atoms with Crippen LogP contribution in [0.15, 0.2) is 72.8 Å². The van der Waals surface area contributed by atoms with Gasteiger partial charge in [0.05, 0.1) is 0 Å². The van der Waals surface area contributed by atoms with Crippen molar-refractivity contribution < 1.29 is 28.9 Å². The highest BCUT2D eigenvalue weighted by atomic mass is 31.2. The molecule has 3 aromatic carbocycles. The van der Waals surface area contributed by atoms with Crippen LogP contribution in [0.4, 0.5) is 4.79 Å². The Balaban J connectivity index is 1.67. The minimum atomic E-state index is -3.93. The molecule has 0 aliphatic heterocycles. The third kappa shape index (κ3) is 6.67. The molecular weight excluding hydrogens is 429 g/mol. The molecule has 7 nitrogen and oxygen atoms in total. The first-order chi connectivity index (χ1) is 15.3. The molecule has 0 aliphatic rings. The number of rotatable bonds is 10. The van der Waals surface area contributed by atoms with Gasteiger partial charge in [-0.1, -0.05) is 72.8 Å². The summed E-state index contributed by atoms with van der Waals surface area (Å²) in [4.78, 5) is 34.0. The lowest BCUT2D eigenvalue weighted by Crippen LogP contribution is -2.36. The van der Waals surface area contributed by atoms with E-state index in [1.165, 1.54) is 0 Å². The number of hydrogen-bond acceptors (Lipinski definition) is 4. The molecule has 32 heavy (non-hydrogen) atoms. The van der Waals surface area contributed by atoms with Crippen LogP contribution in [0.5, 0.6) is 0 Å². The molecule has 0 spiro atoms. The summed E-state index contributed by atoms with van der Waals surface area (Å²) in [6, 6.07) is 22.5. The number of amides is 1. The van der Waals surface area contributed by atoms with Gasteiger partial charge in [0.1, 0.15) is 12.4 Å². The molecule has 3 aromatic rings. The van der Waals surface area contributed by atoms with Crippen molar-refractivity contribution in [3.63, 3.8) is 0 Å². The minimum absolute atomic E-state index is 0.00403. The minimum Gasteiger partial charge on any atom is -0.481 e. The first-order valence-electron chi connectivity index (χ1n) is 10.3. The maximum atomic E-state index is 13.1. The van der Waals surface area contributed by atoms with E-state index in [4.69, 9.17) is 9.84 Å². The van der Waals surface area contributed by atoms with E-state index in [9.17, 15) is 19.0 Å². The fourth-order valence-corrected chi connectivity index (χ4v) is 5.20. The van der Waals surface area contributed by atoms with Crippen molar-refractivity contribution in [3.8, 4) is 0 Å². The number of fused-ring (bicyclic) bond motifs is 1. The van der Waals surface area contributed by atoms with E-state index in [0.717, 1.165) is 21.9 Å². The van der Waals surface area contributed by atoms with Gasteiger partial charge < -0.3 is 20.1 Å². The smallest absolute Gasteiger partial charge is 0.408 e. The average Bonchev–Trinajstić information content (AvgIpc) is 2.79. The standard InChI is InChI=1S/C24H26NO6P/c26-23(27)14-13-22(25-24(28)31-17-18-7-2-1-3-8-18)32(29,30)16-15-20-11-6-10-19-9-4-5-12-21(19)20/h1-12,22H,13-17H2,(H,25,28)(H,26,27)(H,29,30). The summed E-state index contributed by atoms with van der Waals surface area (Å²) in [5.41, 5.74) is 1.69. The number of carbonyl (C=O) groups excluding carboxylic acids is 1. The Morgan fingerprint density at radius 3 is 2.41 bits per heavy atom. The average molecular weight is 455 g/mol. The van der Waals surface area contributed by atoms with E-state index >= 15 is 0 Å². The van der Waals surface area contributed by atoms with E-state index in [2.05, 4.69) is 5.32 Å². The van der Waals surface area contributed by atoms with Crippen LogP contribution >= 0.6 is 7.37 Å². The molecule has 2 atom stereocenters. The van der Waals surface area contributed by atoms with E-state index < -0.39 is 25.2 Å². The highest BCUT2D eigenvalue weighted by Gasteiger charge is 2.33. The van der Waals surface area contributed by atoms with E-state index in [1.54, 1.807) is 12.1 Å². The summed E-state index contributed by atoms with van der Waals surface area (Å²) in [5, 5.41) is 13.5. The Labute approximate surface area is 186 Å². The van der Waals surface area contributed by atoms with Crippen molar-refractivity contribution in [2.45, 2.75) is 31.7 Å². The normalized spacial score (nSPS) is 13.8. The second kappa shape index (κ2) is 10.9. The number of carboxylic acid groups (broad SMARTS) is 1. The number of ether oxygens (including phenoxy) is 1. The molecule has 0 radical (unpaired) electrons. The zero-order valence-electron chi connectivity index (χ0n) is 17.5. The van der Waals surface area contributed by atoms with Crippen LogP contribution in [-0.2, 0) is 27.1 Å². The van der Waals surface area contributed by atoms with Crippen LogP contribution in [0, 0.1) is 0 Å². The van der Waals surface area contributed by atoms with Gasteiger partial charge >= 0.3 is 12.1 Å². The summed E-state index contributed by atoms with van der Waals surface area (Å²) in [6.07, 6.45) is -1.14. The van der Waals surface area contributed by atoms with Crippen molar-refractivity contribution in [3.05, 3.63) is 83.9 Å². The molecule has 168 valence electrons. The van der Waals surface area contributed by atoms with Crippen molar-refractivity contribution in [2.24, 2.45) is 0 Å². The van der Waals surface area contributed by atoms with E-state index in [1.807, 2.05) is 60.7 Å². The summed E-state index contributed by atoms with van der Waals surface area (Å²) >= 11 is 0. The first-order valence-corrected chi connectivity index (χ1v) is 12.2. The number of aryl methyl sites for hydroxylation is 1. The van der Waals surface area contributed by atoms with Gasteiger partial charge in [-0.3, -0.25) is 9.36 Å². The molecule has 0 saturated carbocycles. The lowest BCUT2D eigenvalue weighted by molar-refractivity contribution is -0.137.